The molecule has 142 valence electrons. The minimum absolute atomic E-state index is 0.412. The van der Waals surface area contributed by atoms with E-state index in [1.807, 2.05) is 67.6 Å². The molecule has 0 fully saturated rings. The van der Waals surface area contributed by atoms with Gasteiger partial charge < -0.3 is 10.1 Å². The number of nitrogens with one attached hydrogen (secondary N) is 1. The quantitative estimate of drug-likeness (QED) is 0.388. The van der Waals surface area contributed by atoms with E-state index in [-0.39, 0.29) is 0 Å². The Hall–Kier alpha value is -3.43. The molecule has 0 aliphatic heterocycles. The van der Waals surface area contributed by atoms with Crippen LogP contribution in [0.3, 0.4) is 0 Å². The molecule has 0 saturated heterocycles. The van der Waals surface area contributed by atoms with Crippen LogP contribution in [0.4, 0.5) is 11.4 Å². The minimum atomic E-state index is 0.412. The van der Waals surface area contributed by atoms with Crippen LogP contribution in [-0.2, 0) is 6.61 Å². The van der Waals surface area contributed by atoms with Crippen molar-refractivity contribution >= 4 is 38.2 Å². The Morgan fingerprint density at radius 2 is 1.93 bits per heavy atom. The molecule has 6 heteroatoms. The molecule has 4 aromatic rings. The van der Waals surface area contributed by atoms with E-state index in [1.165, 1.54) is 0 Å². The Labute approximate surface area is 177 Å². The largest absolute Gasteiger partial charge is 0.487 e. The lowest BCUT2D eigenvalue weighted by Gasteiger charge is -2.15. The molecule has 0 saturated carbocycles. The van der Waals surface area contributed by atoms with Crippen LogP contribution in [0, 0.1) is 18.3 Å². The first-order chi connectivity index (χ1) is 14.2. The monoisotopic (exact) mass is 444 g/mol. The molecule has 0 spiro atoms. The Morgan fingerprint density at radius 3 is 2.69 bits per heavy atom. The number of ether oxygens (including phenoxy) is 1. The third-order valence-corrected chi connectivity index (χ3v) is 5.08. The van der Waals surface area contributed by atoms with Crippen molar-refractivity contribution in [1.29, 1.82) is 5.26 Å². The molecule has 0 aliphatic carbocycles. The summed E-state index contributed by atoms with van der Waals surface area (Å²) in [6, 6.07) is 21.6. The van der Waals surface area contributed by atoms with Gasteiger partial charge in [0.15, 0.2) is 0 Å². The molecule has 0 amide bonds. The van der Waals surface area contributed by atoms with Crippen LogP contribution >= 0.6 is 15.9 Å². The van der Waals surface area contributed by atoms with E-state index in [2.05, 4.69) is 37.3 Å². The zero-order valence-corrected chi connectivity index (χ0v) is 17.3. The highest BCUT2D eigenvalue weighted by Gasteiger charge is 2.14. The zero-order chi connectivity index (χ0) is 20.2. The van der Waals surface area contributed by atoms with Crippen molar-refractivity contribution < 1.29 is 4.74 Å². The highest BCUT2D eigenvalue weighted by atomic mass is 79.9. The maximum Gasteiger partial charge on any atom is 0.130 e. The average molecular weight is 445 g/mol. The molecule has 2 heterocycles. The van der Waals surface area contributed by atoms with Gasteiger partial charge in [0.25, 0.3) is 0 Å². The van der Waals surface area contributed by atoms with Gasteiger partial charge in [0.1, 0.15) is 28.6 Å². The predicted molar refractivity (Wildman–Crippen MR) is 117 cm³/mol. The topological polar surface area (TPSA) is 70.8 Å². The highest BCUT2D eigenvalue weighted by molar-refractivity contribution is 9.10. The lowest BCUT2D eigenvalue weighted by atomic mass is 10.1. The lowest BCUT2D eigenvalue weighted by Crippen LogP contribution is -2.01. The van der Waals surface area contributed by atoms with E-state index in [4.69, 9.17) is 4.74 Å². The summed E-state index contributed by atoms with van der Waals surface area (Å²) in [5.41, 5.74) is 4.74. The number of anilines is 2. The molecule has 2 aromatic carbocycles. The van der Waals surface area contributed by atoms with Crippen molar-refractivity contribution in [2.45, 2.75) is 13.5 Å². The van der Waals surface area contributed by atoms with Gasteiger partial charge in [0.05, 0.1) is 16.9 Å². The summed E-state index contributed by atoms with van der Waals surface area (Å²) in [6.07, 6.45) is 1.75. The van der Waals surface area contributed by atoms with Crippen LogP contribution in [-0.4, -0.2) is 9.97 Å². The normalized spacial score (nSPS) is 10.5. The fourth-order valence-corrected chi connectivity index (χ4v) is 3.56. The van der Waals surface area contributed by atoms with E-state index in [0.29, 0.717) is 16.8 Å². The molecule has 4 rings (SSSR count). The van der Waals surface area contributed by atoms with Crippen LogP contribution in [0.25, 0.3) is 10.9 Å². The van der Waals surface area contributed by atoms with Gasteiger partial charge in [-0.2, -0.15) is 5.26 Å². The van der Waals surface area contributed by atoms with Crippen LogP contribution in [0.1, 0.15) is 16.8 Å². The molecule has 0 atom stereocenters. The smallest absolute Gasteiger partial charge is 0.130 e. The standard InChI is InChI=1S/C23H17BrN4O/c1-15-12-16(9-10-21(15)29-14-17-6-4-5-11-26-17)27-22-18-7-2-3-8-20(18)28-23(24)19(22)13-25/h2-12H,14H2,1H3,(H,27,28). The number of benzene rings is 2. The molecule has 5 nitrogen and oxygen atoms in total. The van der Waals surface area contributed by atoms with Gasteiger partial charge in [-0.1, -0.05) is 24.3 Å². The number of halogens is 1. The van der Waals surface area contributed by atoms with Gasteiger partial charge in [-0.3, -0.25) is 4.98 Å². The van der Waals surface area contributed by atoms with Crippen LogP contribution < -0.4 is 10.1 Å². The first-order valence-corrected chi connectivity index (χ1v) is 9.84. The second-order valence-corrected chi connectivity index (χ2v) is 7.25. The lowest BCUT2D eigenvalue weighted by molar-refractivity contribution is 0.299. The Balaban J connectivity index is 1.62. The van der Waals surface area contributed by atoms with Gasteiger partial charge >= 0.3 is 0 Å². The minimum Gasteiger partial charge on any atom is -0.487 e. The molecule has 0 unspecified atom stereocenters. The molecule has 1 N–H and O–H groups in total. The van der Waals surface area contributed by atoms with Gasteiger partial charge in [-0.25, -0.2) is 4.98 Å². The average Bonchev–Trinajstić information content (AvgIpc) is 2.74. The van der Waals surface area contributed by atoms with Gasteiger partial charge in [-0.15, -0.1) is 0 Å². The number of hydrogen-bond acceptors (Lipinski definition) is 5. The first-order valence-electron chi connectivity index (χ1n) is 9.04. The number of aryl methyl sites for hydroxylation is 1. The number of rotatable bonds is 5. The summed E-state index contributed by atoms with van der Waals surface area (Å²) in [6.45, 7) is 2.40. The fourth-order valence-electron chi connectivity index (χ4n) is 3.08. The summed E-state index contributed by atoms with van der Waals surface area (Å²) in [5.74, 6) is 0.794. The van der Waals surface area contributed by atoms with E-state index in [0.717, 1.165) is 39.3 Å². The van der Waals surface area contributed by atoms with Crippen LogP contribution in [0.2, 0.25) is 0 Å². The fraction of sp³-hybridized carbons (Fsp3) is 0.0870. The van der Waals surface area contributed by atoms with Crippen molar-refractivity contribution in [3.8, 4) is 11.8 Å². The summed E-state index contributed by atoms with van der Waals surface area (Å²) in [5, 5.41) is 13.9. The number of pyridine rings is 2. The number of aromatic nitrogens is 2. The highest BCUT2D eigenvalue weighted by Crippen LogP contribution is 2.34. The van der Waals surface area contributed by atoms with Crippen molar-refractivity contribution in [1.82, 2.24) is 9.97 Å². The molecule has 29 heavy (non-hydrogen) atoms. The molecule has 0 aliphatic rings. The Morgan fingerprint density at radius 1 is 1.10 bits per heavy atom. The summed E-state index contributed by atoms with van der Waals surface area (Å²) >= 11 is 3.41. The Kier molecular flexibility index (Phi) is 5.41. The van der Waals surface area contributed by atoms with Gasteiger partial charge in [-0.05, 0) is 64.8 Å². The van der Waals surface area contributed by atoms with E-state index in [9.17, 15) is 5.26 Å². The third kappa shape index (κ3) is 4.05. The second-order valence-electron chi connectivity index (χ2n) is 6.50. The van der Waals surface area contributed by atoms with E-state index < -0.39 is 0 Å². The zero-order valence-electron chi connectivity index (χ0n) is 15.7. The van der Waals surface area contributed by atoms with Gasteiger partial charge in [0.2, 0.25) is 0 Å². The molecule has 0 radical (unpaired) electrons. The molecule has 0 bridgehead atoms. The first kappa shape index (κ1) is 18.9. The SMILES string of the molecule is Cc1cc(Nc2c(C#N)c(Br)nc3ccccc23)ccc1OCc1ccccn1. The second kappa shape index (κ2) is 8.29. The number of hydrogen-bond donors (Lipinski definition) is 1. The van der Waals surface area contributed by atoms with Gasteiger partial charge in [0, 0.05) is 17.3 Å². The summed E-state index contributed by atoms with van der Waals surface area (Å²) < 4.78 is 6.42. The van der Waals surface area contributed by atoms with Crippen molar-refractivity contribution in [3.63, 3.8) is 0 Å². The molecular formula is C23H17BrN4O. The number of fused-ring (bicyclic) bond motifs is 1. The van der Waals surface area contributed by atoms with Crippen LogP contribution in [0.5, 0.6) is 5.75 Å². The maximum atomic E-state index is 9.63. The number of nitriles is 1. The maximum absolute atomic E-state index is 9.63. The molecular weight excluding hydrogens is 428 g/mol. The summed E-state index contributed by atoms with van der Waals surface area (Å²) in [7, 11) is 0. The van der Waals surface area contributed by atoms with Crippen LogP contribution in [0.15, 0.2) is 71.5 Å². The number of nitrogens with zero attached hydrogens (tertiary/aromatic N) is 3. The third-order valence-electron chi connectivity index (χ3n) is 4.51. The van der Waals surface area contributed by atoms with E-state index >= 15 is 0 Å². The summed E-state index contributed by atoms with van der Waals surface area (Å²) in [4.78, 5) is 8.74. The Bertz CT molecular complexity index is 1220. The van der Waals surface area contributed by atoms with Crippen molar-refractivity contribution in [2.75, 3.05) is 5.32 Å². The van der Waals surface area contributed by atoms with E-state index in [1.54, 1.807) is 6.20 Å². The number of para-hydroxylation sites is 1. The van der Waals surface area contributed by atoms with Crippen molar-refractivity contribution in [3.05, 3.63) is 88.3 Å². The van der Waals surface area contributed by atoms with Crippen molar-refractivity contribution in [2.24, 2.45) is 0 Å². The predicted octanol–water partition coefficient (Wildman–Crippen LogP) is 5.90. The molecule has 2 aromatic heterocycles.